The van der Waals surface area contributed by atoms with Crippen molar-refractivity contribution in [3.63, 3.8) is 0 Å². The van der Waals surface area contributed by atoms with Crippen molar-refractivity contribution in [1.82, 2.24) is 0 Å². The molecule has 0 radical (unpaired) electrons. The lowest BCUT2D eigenvalue weighted by molar-refractivity contribution is -0.142. The normalized spacial score (nSPS) is 10.8. The van der Waals surface area contributed by atoms with E-state index < -0.39 is 24.3 Å². The van der Waals surface area contributed by atoms with Gasteiger partial charge in [-0.1, -0.05) is 12.1 Å². The number of aryl methyl sites for hydroxylation is 1. The Morgan fingerprint density at radius 1 is 1.14 bits per heavy atom. The number of hydrogen-bond donors (Lipinski definition) is 1. The third-order valence-electron chi connectivity index (χ3n) is 3.76. The molecule has 0 saturated heterocycles. The zero-order chi connectivity index (χ0) is 21.4. The molecule has 0 saturated carbocycles. The summed E-state index contributed by atoms with van der Waals surface area (Å²) in [6.07, 6.45) is 2.75. The van der Waals surface area contributed by atoms with Crippen LogP contribution in [0.2, 0.25) is 0 Å². The van der Waals surface area contributed by atoms with E-state index in [4.69, 9.17) is 14.2 Å². The van der Waals surface area contributed by atoms with Gasteiger partial charge in [-0.3, -0.25) is 4.79 Å². The van der Waals surface area contributed by atoms with E-state index in [1.165, 1.54) is 25.3 Å². The minimum Gasteiger partial charge on any atom is -0.493 e. The lowest BCUT2D eigenvalue weighted by Crippen LogP contribution is -2.20. The van der Waals surface area contributed by atoms with Gasteiger partial charge in [-0.25, -0.2) is 9.18 Å². The number of methoxy groups -OCH3 is 1. The average molecular weight is 401 g/mol. The van der Waals surface area contributed by atoms with Gasteiger partial charge in [-0.2, -0.15) is 0 Å². The first-order chi connectivity index (χ1) is 13.8. The number of halogens is 1. The molecule has 154 valence electrons. The van der Waals surface area contributed by atoms with Gasteiger partial charge in [0, 0.05) is 11.8 Å². The number of rotatable bonds is 8. The molecule has 7 heteroatoms. The quantitative estimate of drug-likeness (QED) is 0.532. The largest absolute Gasteiger partial charge is 0.493 e. The molecule has 1 amide bonds. The Kier molecular flexibility index (Phi) is 7.77. The summed E-state index contributed by atoms with van der Waals surface area (Å²) >= 11 is 0. The lowest BCUT2D eigenvalue weighted by atomic mass is 10.2. The smallest absolute Gasteiger partial charge is 0.331 e. The Labute approximate surface area is 169 Å². The summed E-state index contributed by atoms with van der Waals surface area (Å²) in [6.45, 7) is 4.96. The molecule has 0 unspecified atom stereocenters. The van der Waals surface area contributed by atoms with E-state index in [1.807, 2.05) is 13.8 Å². The standard InChI is InChI=1S/C22H24FNO5/c1-14(2)29-19-9-6-16(11-20(19)27-4)7-10-22(26)28-13-21(25)24-17-8-5-15(3)18(23)12-17/h5-12,14H,13H2,1-4H3,(H,24,25)/b10-7+. The highest BCUT2D eigenvalue weighted by Gasteiger charge is 2.09. The Morgan fingerprint density at radius 3 is 2.55 bits per heavy atom. The van der Waals surface area contributed by atoms with E-state index in [0.717, 1.165) is 0 Å². The number of carbonyl (C=O) groups excluding carboxylic acids is 2. The van der Waals surface area contributed by atoms with E-state index in [-0.39, 0.29) is 6.10 Å². The Hall–Kier alpha value is -3.35. The van der Waals surface area contributed by atoms with Crippen LogP contribution < -0.4 is 14.8 Å². The van der Waals surface area contributed by atoms with Crippen molar-refractivity contribution in [2.45, 2.75) is 26.9 Å². The van der Waals surface area contributed by atoms with Crippen LogP contribution in [-0.4, -0.2) is 31.7 Å². The van der Waals surface area contributed by atoms with E-state index in [9.17, 15) is 14.0 Å². The maximum Gasteiger partial charge on any atom is 0.331 e. The summed E-state index contributed by atoms with van der Waals surface area (Å²) in [5.74, 6) is -0.531. The van der Waals surface area contributed by atoms with Crippen LogP contribution in [0.4, 0.5) is 10.1 Å². The predicted octanol–water partition coefficient (Wildman–Crippen LogP) is 4.13. The first-order valence-electron chi connectivity index (χ1n) is 9.04. The van der Waals surface area contributed by atoms with Gasteiger partial charge >= 0.3 is 5.97 Å². The molecule has 2 rings (SSSR count). The molecule has 0 atom stereocenters. The SMILES string of the molecule is COc1cc(/C=C/C(=O)OCC(=O)Nc2ccc(C)c(F)c2)ccc1OC(C)C. The molecule has 29 heavy (non-hydrogen) atoms. The molecule has 0 aromatic heterocycles. The number of benzene rings is 2. The second-order valence-electron chi connectivity index (χ2n) is 6.53. The number of hydrogen-bond acceptors (Lipinski definition) is 5. The van der Waals surface area contributed by atoms with E-state index in [2.05, 4.69) is 5.32 Å². The van der Waals surface area contributed by atoms with Crippen molar-refractivity contribution in [2.75, 3.05) is 19.0 Å². The van der Waals surface area contributed by atoms with Crippen LogP contribution in [0.3, 0.4) is 0 Å². The lowest BCUT2D eigenvalue weighted by Gasteiger charge is -2.13. The average Bonchev–Trinajstić information content (AvgIpc) is 2.68. The summed E-state index contributed by atoms with van der Waals surface area (Å²) in [6, 6.07) is 9.55. The maximum absolute atomic E-state index is 13.5. The number of carbonyl (C=O) groups is 2. The summed E-state index contributed by atoms with van der Waals surface area (Å²) in [7, 11) is 1.53. The van der Waals surface area contributed by atoms with Gasteiger partial charge < -0.3 is 19.5 Å². The fraction of sp³-hybridized carbons (Fsp3) is 0.273. The van der Waals surface area contributed by atoms with Crippen LogP contribution in [-0.2, 0) is 14.3 Å². The topological polar surface area (TPSA) is 73.9 Å². The number of nitrogens with one attached hydrogen (secondary N) is 1. The fourth-order valence-electron chi connectivity index (χ4n) is 2.36. The van der Waals surface area contributed by atoms with Crippen LogP contribution in [0.15, 0.2) is 42.5 Å². The van der Waals surface area contributed by atoms with Gasteiger partial charge in [0.05, 0.1) is 13.2 Å². The molecule has 0 aliphatic carbocycles. The maximum atomic E-state index is 13.5. The molecular weight excluding hydrogens is 377 g/mol. The van der Waals surface area contributed by atoms with E-state index in [0.29, 0.717) is 28.3 Å². The molecule has 0 fully saturated rings. The summed E-state index contributed by atoms with van der Waals surface area (Å²) in [5, 5.41) is 2.47. The third kappa shape index (κ3) is 6.95. The summed E-state index contributed by atoms with van der Waals surface area (Å²) in [5.41, 5.74) is 1.47. The molecule has 0 aliphatic heterocycles. The molecule has 0 bridgehead atoms. The van der Waals surface area contributed by atoms with Crippen molar-refractivity contribution in [1.29, 1.82) is 0 Å². The first-order valence-corrected chi connectivity index (χ1v) is 9.04. The Bertz CT molecular complexity index is 908. The number of anilines is 1. The Balaban J connectivity index is 1.88. The molecule has 1 N–H and O–H groups in total. The molecule has 2 aromatic carbocycles. The van der Waals surface area contributed by atoms with Crippen molar-refractivity contribution in [2.24, 2.45) is 0 Å². The van der Waals surface area contributed by atoms with Crippen molar-refractivity contribution >= 4 is 23.6 Å². The number of ether oxygens (including phenoxy) is 3. The molecule has 2 aromatic rings. The highest BCUT2D eigenvalue weighted by atomic mass is 19.1. The molecule has 0 heterocycles. The van der Waals surface area contributed by atoms with Gasteiger partial charge in [0.2, 0.25) is 0 Å². The van der Waals surface area contributed by atoms with Crippen LogP contribution in [0.1, 0.15) is 25.0 Å². The van der Waals surface area contributed by atoms with Gasteiger partial charge in [0.1, 0.15) is 5.82 Å². The van der Waals surface area contributed by atoms with Crippen molar-refractivity contribution in [3.05, 3.63) is 59.4 Å². The summed E-state index contributed by atoms with van der Waals surface area (Å²) in [4.78, 5) is 23.7. The first kappa shape index (κ1) is 21.9. The van der Waals surface area contributed by atoms with E-state index >= 15 is 0 Å². The second-order valence-corrected chi connectivity index (χ2v) is 6.53. The number of esters is 1. The van der Waals surface area contributed by atoms with E-state index in [1.54, 1.807) is 37.3 Å². The number of amides is 1. The zero-order valence-electron chi connectivity index (χ0n) is 16.8. The van der Waals surface area contributed by atoms with Crippen LogP contribution in [0, 0.1) is 12.7 Å². The Morgan fingerprint density at radius 2 is 1.90 bits per heavy atom. The predicted molar refractivity (Wildman–Crippen MR) is 109 cm³/mol. The minimum atomic E-state index is -0.684. The highest BCUT2D eigenvalue weighted by molar-refractivity contribution is 5.94. The molecule has 0 spiro atoms. The van der Waals surface area contributed by atoms with Gasteiger partial charge in [-0.15, -0.1) is 0 Å². The van der Waals surface area contributed by atoms with Crippen LogP contribution in [0.25, 0.3) is 6.08 Å². The second kappa shape index (κ2) is 10.3. The molecule has 0 aliphatic rings. The fourth-order valence-corrected chi connectivity index (χ4v) is 2.36. The van der Waals surface area contributed by atoms with Crippen molar-refractivity contribution < 1.29 is 28.2 Å². The highest BCUT2D eigenvalue weighted by Crippen LogP contribution is 2.29. The van der Waals surface area contributed by atoms with Gasteiger partial charge in [0.25, 0.3) is 5.91 Å². The van der Waals surface area contributed by atoms with Crippen molar-refractivity contribution in [3.8, 4) is 11.5 Å². The van der Waals surface area contributed by atoms with Crippen LogP contribution in [0.5, 0.6) is 11.5 Å². The monoisotopic (exact) mass is 401 g/mol. The molecular formula is C22H24FNO5. The summed E-state index contributed by atoms with van der Waals surface area (Å²) < 4.78 is 29.3. The van der Waals surface area contributed by atoms with Gasteiger partial charge in [0.15, 0.2) is 18.1 Å². The van der Waals surface area contributed by atoms with Crippen LogP contribution >= 0.6 is 0 Å². The minimum absolute atomic E-state index is 0.00261. The van der Waals surface area contributed by atoms with Gasteiger partial charge in [-0.05, 0) is 62.2 Å². The third-order valence-corrected chi connectivity index (χ3v) is 3.76. The zero-order valence-corrected chi connectivity index (χ0v) is 16.8. The molecule has 6 nitrogen and oxygen atoms in total.